The van der Waals surface area contributed by atoms with Crippen molar-refractivity contribution in [1.29, 1.82) is 0 Å². The van der Waals surface area contributed by atoms with E-state index in [2.05, 4.69) is 32.6 Å². The van der Waals surface area contributed by atoms with Crippen LogP contribution in [0.3, 0.4) is 0 Å². The van der Waals surface area contributed by atoms with Crippen molar-refractivity contribution in [3.8, 4) is 0 Å². The molecule has 6 nitrogen and oxygen atoms in total. The van der Waals surface area contributed by atoms with E-state index in [1.54, 1.807) is 6.26 Å². The highest BCUT2D eigenvalue weighted by Crippen LogP contribution is 2.20. The molecule has 0 aliphatic rings. The molecule has 0 bridgehead atoms. The van der Waals surface area contributed by atoms with Crippen LogP contribution in [0.15, 0.2) is 37.1 Å². The van der Waals surface area contributed by atoms with Crippen LogP contribution in [0.5, 0.6) is 0 Å². The topological polar surface area (TPSA) is 55.4 Å². The van der Waals surface area contributed by atoms with Gasteiger partial charge in [-0.25, -0.2) is 0 Å². The van der Waals surface area contributed by atoms with E-state index in [1.807, 2.05) is 19.1 Å². The van der Waals surface area contributed by atoms with E-state index in [4.69, 9.17) is 28.4 Å². The fraction of sp³-hybridized carbons (Fsp3) is 0.643. The molecule has 0 spiro atoms. The lowest BCUT2D eigenvalue weighted by Crippen LogP contribution is -2.10. The van der Waals surface area contributed by atoms with E-state index >= 15 is 0 Å². The van der Waals surface area contributed by atoms with Crippen LogP contribution in [0.4, 0.5) is 0 Å². The van der Waals surface area contributed by atoms with Crippen LogP contribution in [0.2, 0.25) is 0 Å². The summed E-state index contributed by atoms with van der Waals surface area (Å²) in [4.78, 5) is 0. The molecular formula is C28H46O6. The van der Waals surface area contributed by atoms with E-state index in [0.29, 0.717) is 59.5 Å². The van der Waals surface area contributed by atoms with E-state index in [-0.39, 0.29) is 0 Å². The number of hydrogen-bond donors (Lipinski definition) is 0. The molecule has 0 aliphatic carbocycles. The van der Waals surface area contributed by atoms with Crippen molar-refractivity contribution in [2.24, 2.45) is 0 Å². The van der Waals surface area contributed by atoms with Gasteiger partial charge in [0.1, 0.15) is 6.61 Å². The minimum Gasteiger partial charge on any atom is -0.498 e. The summed E-state index contributed by atoms with van der Waals surface area (Å²) >= 11 is 0. The van der Waals surface area contributed by atoms with E-state index in [1.165, 1.54) is 0 Å². The van der Waals surface area contributed by atoms with Gasteiger partial charge in [-0.3, -0.25) is 0 Å². The lowest BCUT2D eigenvalue weighted by Gasteiger charge is -2.11. The molecule has 34 heavy (non-hydrogen) atoms. The van der Waals surface area contributed by atoms with Gasteiger partial charge in [0.05, 0.1) is 59.1 Å². The molecule has 0 fully saturated rings. The largest absolute Gasteiger partial charge is 0.498 e. The first-order chi connectivity index (χ1) is 16.7. The molecule has 0 radical (unpaired) electrons. The zero-order valence-corrected chi connectivity index (χ0v) is 21.6. The quantitative estimate of drug-likeness (QED) is 0.147. The van der Waals surface area contributed by atoms with Crippen molar-refractivity contribution in [3.05, 3.63) is 48.2 Å². The number of rotatable bonds is 23. The summed E-state index contributed by atoms with van der Waals surface area (Å²) in [6.45, 7) is 17.2. The summed E-state index contributed by atoms with van der Waals surface area (Å²) in [7, 11) is 0. The van der Waals surface area contributed by atoms with Gasteiger partial charge in [0.25, 0.3) is 0 Å². The Morgan fingerprint density at radius 3 is 1.79 bits per heavy atom. The summed E-state index contributed by atoms with van der Waals surface area (Å²) in [5.74, 6) is 0. The van der Waals surface area contributed by atoms with E-state index < -0.39 is 0 Å². The van der Waals surface area contributed by atoms with Gasteiger partial charge in [-0.05, 0) is 48.1 Å². The third-order valence-electron chi connectivity index (χ3n) is 5.01. The van der Waals surface area contributed by atoms with E-state index in [0.717, 1.165) is 61.2 Å². The Morgan fingerprint density at radius 1 is 0.706 bits per heavy atom. The zero-order valence-electron chi connectivity index (χ0n) is 21.6. The van der Waals surface area contributed by atoms with Gasteiger partial charge in [-0.2, -0.15) is 0 Å². The number of hydrogen-bond acceptors (Lipinski definition) is 6. The first-order valence-corrected chi connectivity index (χ1v) is 12.6. The fourth-order valence-corrected chi connectivity index (χ4v) is 2.88. The van der Waals surface area contributed by atoms with Gasteiger partial charge in [-0.15, -0.1) is 0 Å². The van der Waals surface area contributed by atoms with Gasteiger partial charge in [0.2, 0.25) is 0 Å². The van der Waals surface area contributed by atoms with Crippen molar-refractivity contribution in [1.82, 2.24) is 0 Å². The van der Waals surface area contributed by atoms with Crippen LogP contribution in [0.25, 0.3) is 11.1 Å². The Balaban J connectivity index is 2.19. The van der Waals surface area contributed by atoms with Gasteiger partial charge in [0, 0.05) is 13.2 Å². The molecule has 0 unspecified atom stereocenters. The molecule has 0 saturated carbocycles. The number of unbranched alkanes of at least 4 members (excludes halogenated alkanes) is 2. The third-order valence-corrected chi connectivity index (χ3v) is 5.01. The highest BCUT2D eigenvalue weighted by atomic mass is 16.5. The Morgan fingerprint density at radius 2 is 1.21 bits per heavy atom. The molecule has 6 heteroatoms. The molecule has 0 heterocycles. The van der Waals surface area contributed by atoms with Crippen LogP contribution in [-0.4, -0.2) is 72.7 Å². The van der Waals surface area contributed by atoms with Crippen molar-refractivity contribution in [2.45, 2.75) is 46.5 Å². The molecule has 1 rings (SSSR count). The Labute approximate surface area is 207 Å². The first kappa shape index (κ1) is 30.3. The lowest BCUT2D eigenvalue weighted by atomic mass is 10.0. The molecule has 0 N–H and O–H groups in total. The molecular weight excluding hydrogens is 432 g/mol. The second kappa shape index (κ2) is 21.8. The third kappa shape index (κ3) is 16.0. The van der Waals surface area contributed by atoms with Crippen molar-refractivity contribution in [3.63, 3.8) is 0 Å². The van der Waals surface area contributed by atoms with Gasteiger partial charge in [0.15, 0.2) is 0 Å². The number of allylic oxidation sites excluding steroid dienone is 1. The van der Waals surface area contributed by atoms with Crippen LogP contribution in [0.1, 0.15) is 57.6 Å². The van der Waals surface area contributed by atoms with Crippen LogP contribution >= 0.6 is 0 Å². The predicted molar refractivity (Wildman–Crippen MR) is 139 cm³/mol. The van der Waals surface area contributed by atoms with Crippen molar-refractivity contribution >= 4 is 11.1 Å². The molecule has 0 atom stereocenters. The monoisotopic (exact) mass is 478 g/mol. The average Bonchev–Trinajstić information content (AvgIpc) is 2.86. The Bertz CT molecular complexity index is 658. The SMILES string of the molecule is C=C(COCCOCCOCCCC)c1cccc(C(C)=COCCOCCOCCCC)c1. The van der Waals surface area contributed by atoms with Crippen LogP contribution in [-0.2, 0) is 28.4 Å². The molecule has 194 valence electrons. The second-order valence-corrected chi connectivity index (χ2v) is 8.07. The minimum atomic E-state index is 0.471. The second-order valence-electron chi connectivity index (χ2n) is 8.07. The predicted octanol–water partition coefficient (Wildman–Crippen LogP) is 5.76. The molecule has 1 aromatic carbocycles. The Kier molecular flexibility index (Phi) is 19.5. The van der Waals surface area contributed by atoms with Gasteiger partial charge < -0.3 is 28.4 Å². The summed E-state index contributed by atoms with van der Waals surface area (Å²) in [6, 6.07) is 8.24. The zero-order chi connectivity index (χ0) is 24.7. The maximum absolute atomic E-state index is 5.71. The Hall–Kier alpha value is -1.70. The van der Waals surface area contributed by atoms with Crippen molar-refractivity contribution < 1.29 is 28.4 Å². The van der Waals surface area contributed by atoms with Crippen molar-refractivity contribution in [2.75, 3.05) is 72.7 Å². The molecule has 0 saturated heterocycles. The average molecular weight is 479 g/mol. The smallest absolute Gasteiger partial charge is 0.111 e. The highest BCUT2D eigenvalue weighted by Gasteiger charge is 2.03. The number of benzene rings is 1. The molecule has 0 amide bonds. The summed E-state index contributed by atoms with van der Waals surface area (Å²) < 4.78 is 33.3. The molecule has 0 aliphatic heterocycles. The van der Waals surface area contributed by atoms with Gasteiger partial charge in [-0.1, -0.05) is 51.5 Å². The minimum absolute atomic E-state index is 0.471. The maximum Gasteiger partial charge on any atom is 0.111 e. The van der Waals surface area contributed by atoms with Crippen LogP contribution in [0, 0.1) is 0 Å². The first-order valence-electron chi connectivity index (χ1n) is 12.6. The summed E-state index contributed by atoms with van der Waals surface area (Å²) in [5, 5.41) is 0. The summed E-state index contributed by atoms with van der Waals surface area (Å²) in [5.41, 5.74) is 4.14. The molecule has 0 aromatic heterocycles. The lowest BCUT2D eigenvalue weighted by molar-refractivity contribution is 0.0198. The summed E-state index contributed by atoms with van der Waals surface area (Å²) in [6.07, 6.45) is 6.27. The normalized spacial score (nSPS) is 11.7. The highest BCUT2D eigenvalue weighted by molar-refractivity contribution is 5.70. The maximum atomic E-state index is 5.71. The number of ether oxygens (including phenoxy) is 6. The molecule has 1 aromatic rings. The fourth-order valence-electron chi connectivity index (χ4n) is 2.88. The standard InChI is InChI=1S/C28H46O6/c1-5-7-12-29-14-16-31-18-20-33-23-25(3)27-10-9-11-28(22-27)26(4)24-34-21-19-32-17-15-30-13-8-6-2/h9-11,22,24H,3,5-8,12-21,23H2,1-2,4H3. The van der Waals surface area contributed by atoms with Gasteiger partial charge >= 0.3 is 0 Å². The van der Waals surface area contributed by atoms with E-state index in [9.17, 15) is 0 Å². The van der Waals surface area contributed by atoms with Crippen LogP contribution < -0.4 is 0 Å².